The first-order chi connectivity index (χ1) is 12.2. The fraction of sp³-hybridized carbons (Fsp3) is 0.529. The summed E-state index contributed by atoms with van der Waals surface area (Å²) in [6, 6.07) is 4.86. The van der Waals surface area contributed by atoms with Gasteiger partial charge in [-0.25, -0.2) is 8.42 Å². The third kappa shape index (κ3) is 4.29. The highest BCUT2D eigenvalue weighted by atomic mass is 35.5. The van der Waals surface area contributed by atoms with Gasteiger partial charge in [0.25, 0.3) is 5.91 Å². The van der Waals surface area contributed by atoms with Gasteiger partial charge < -0.3 is 14.4 Å². The summed E-state index contributed by atoms with van der Waals surface area (Å²) in [6.07, 6.45) is 0.839. The molecule has 2 atom stereocenters. The van der Waals surface area contributed by atoms with Crippen molar-refractivity contribution in [3.05, 3.63) is 28.8 Å². The van der Waals surface area contributed by atoms with E-state index < -0.39 is 34.2 Å². The maximum Gasteiger partial charge on any atom is 0.313 e. The van der Waals surface area contributed by atoms with Crippen LogP contribution in [0.3, 0.4) is 0 Å². The third-order valence-electron chi connectivity index (χ3n) is 4.75. The van der Waals surface area contributed by atoms with Crippen LogP contribution in [0.2, 0.25) is 5.02 Å². The Balaban J connectivity index is 1.52. The largest absolute Gasteiger partial charge is 0.492 e. The van der Waals surface area contributed by atoms with E-state index in [0.717, 1.165) is 5.56 Å². The summed E-state index contributed by atoms with van der Waals surface area (Å²) in [5.41, 5.74) is 0.824. The van der Waals surface area contributed by atoms with E-state index in [4.69, 9.17) is 21.1 Å². The van der Waals surface area contributed by atoms with Crippen molar-refractivity contribution in [2.45, 2.75) is 18.9 Å². The number of carbonyl (C=O) groups is 2. The quantitative estimate of drug-likeness (QED) is 0.701. The van der Waals surface area contributed by atoms with E-state index in [9.17, 15) is 18.0 Å². The van der Waals surface area contributed by atoms with E-state index in [0.29, 0.717) is 23.6 Å². The van der Waals surface area contributed by atoms with Crippen molar-refractivity contribution in [3.63, 3.8) is 0 Å². The summed E-state index contributed by atoms with van der Waals surface area (Å²) in [5.74, 6) is -0.715. The van der Waals surface area contributed by atoms with E-state index >= 15 is 0 Å². The van der Waals surface area contributed by atoms with Crippen LogP contribution in [0.5, 0.6) is 5.75 Å². The smallest absolute Gasteiger partial charge is 0.313 e. The van der Waals surface area contributed by atoms with Crippen LogP contribution >= 0.6 is 11.6 Å². The van der Waals surface area contributed by atoms with Crippen LogP contribution in [0, 0.1) is 5.92 Å². The molecule has 0 bridgehead atoms. The molecule has 142 valence electrons. The number of carbonyl (C=O) groups excluding carboxylic acids is 2. The standard InChI is InChI=1S/C17H20ClNO6S/c1-19(14-4-5-26(22,23)10-14)16(20)9-25-17(21)12-6-11-7-13(18)2-3-15(11)24-8-12/h2-3,7,12,14H,4-6,8-10H2,1H3/t12-,14-/m1/s1. The van der Waals surface area contributed by atoms with E-state index in [2.05, 4.69) is 0 Å². The molecule has 1 amide bonds. The van der Waals surface area contributed by atoms with Crippen molar-refractivity contribution in [1.29, 1.82) is 0 Å². The Hall–Kier alpha value is -1.80. The van der Waals surface area contributed by atoms with Crippen molar-refractivity contribution in [1.82, 2.24) is 4.90 Å². The van der Waals surface area contributed by atoms with Crippen molar-refractivity contribution < 1.29 is 27.5 Å². The van der Waals surface area contributed by atoms with Gasteiger partial charge in [-0.15, -0.1) is 0 Å². The first kappa shape index (κ1) is 19.0. The molecule has 2 aliphatic heterocycles. The minimum atomic E-state index is -3.08. The minimum absolute atomic E-state index is 0.0444. The van der Waals surface area contributed by atoms with Crippen LogP contribution in [0.25, 0.3) is 0 Å². The second kappa shape index (κ2) is 7.44. The summed E-state index contributed by atoms with van der Waals surface area (Å²) in [7, 11) is -1.55. The van der Waals surface area contributed by atoms with Gasteiger partial charge in [0.2, 0.25) is 0 Å². The zero-order chi connectivity index (χ0) is 18.9. The number of halogens is 1. The second-order valence-electron chi connectivity index (χ2n) is 6.63. The molecule has 0 N–H and O–H groups in total. The molecule has 0 saturated carbocycles. The summed E-state index contributed by atoms with van der Waals surface area (Å²) >= 11 is 5.96. The molecule has 1 saturated heterocycles. The maximum atomic E-state index is 12.2. The normalized spacial score (nSPS) is 23.6. The molecule has 3 rings (SSSR count). The number of rotatable bonds is 4. The number of benzene rings is 1. The predicted molar refractivity (Wildman–Crippen MR) is 94.9 cm³/mol. The Morgan fingerprint density at radius 3 is 2.85 bits per heavy atom. The topological polar surface area (TPSA) is 90.0 Å². The molecule has 1 aromatic rings. The number of fused-ring (bicyclic) bond motifs is 1. The van der Waals surface area contributed by atoms with Crippen molar-refractivity contribution in [2.24, 2.45) is 5.92 Å². The number of sulfone groups is 1. The van der Waals surface area contributed by atoms with Gasteiger partial charge >= 0.3 is 5.97 Å². The highest BCUT2D eigenvalue weighted by Crippen LogP contribution is 2.30. The lowest BCUT2D eigenvalue weighted by molar-refractivity contribution is -0.156. The van der Waals surface area contributed by atoms with Crippen LogP contribution in [0.4, 0.5) is 0 Å². The molecule has 0 spiro atoms. The van der Waals surface area contributed by atoms with E-state index in [1.54, 1.807) is 18.2 Å². The van der Waals surface area contributed by atoms with Gasteiger partial charge in [-0.3, -0.25) is 9.59 Å². The Morgan fingerprint density at radius 1 is 1.38 bits per heavy atom. The van der Waals surface area contributed by atoms with Crippen molar-refractivity contribution in [3.8, 4) is 5.75 Å². The lowest BCUT2D eigenvalue weighted by Gasteiger charge is -2.25. The van der Waals surface area contributed by atoms with E-state index in [1.165, 1.54) is 11.9 Å². The summed E-state index contributed by atoms with van der Waals surface area (Å²) < 4.78 is 33.7. The third-order valence-corrected chi connectivity index (χ3v) is 6.74. The molecule has 0 unspecified atom stereocenters. The van der Waals surface area contributed by atoms with Crippen LogP contribution in [-0.2, 0) is 30.6 Å². The summed E-state index contributed by atoms with van der Waals surface area (Å²) in [6.45, 7) is -0.233. The molecular formula is C17H20ClNO6S. The van der Waals surface area contributed by atoms with Gasteiger partial charge in [0.15, 0.2) is 16.4 Å². The highest BCUT2D eigenvalue weighted by Gasteiger charge is 2.33. The predicted octanol–water partition coefficient (Wildman–Crippen LogP) is 1.08. The average molecular weight is 402 g/mol. The Morgan fingerprint density at radius 2 is 2.15 bits per heavy atom. The number of ether oxygens (including phenoxy) is 2. The molecule has 9 heteroatoms. The fourth-order valence-electron chi connectivity index (χ4n) is 3.15. The minimum Gasteiger partial charge on any atom is -0.492 e. The van der Waals surface area contributed by atoms with Gasteiger partial charge in [0.1, 0.15) is 12.4 Å². The van der Waals surface area contributed by atoms with Crippen molar-refractivity contribution >= 4 is 33.3 Å². The van der Waals surface area contributed by atoms with Gasteiger partial charge in [0.05, 0.1) is 17.4 Å². The molecule has 7 nitrogen and oxygen atoms in total. The molecule has 2 aliphatic rings. The lowest BCUT2D eigenvalue weighted by atomic mass is 9.97. The molecule has 1 aromatic carbocycles. The fourth-order valence-corrected chi connectivity index (χ4v) is 5.12. The lowest BCUT2D eigenvalue weighted by Crippen LogP contribution is -2.41. The second-order valence-corrected chi connectivity index (χ2v) is 9.30. The van der Waals surface area contributed by atoms with Gasteiger partial charge in [-0.2, -0.15) is 0 Å². The molecule has 0 radical (unpaired) electrons. The SMILES string of the molecule is CN(C(=O)COC(=O)[C@H]1COc2ccc(Cl)cc2C1)[C@@H]1CCS(=O)(=O)C1. The zero-order valence-electron chi connectivity index (χ0n) is 14.3. The number of hydrogen-bond acceptors (Lipinski definition) is 6. The van der Waals surface area contributed by atoms with E-state index in [1.807, 2.05) is 0 Å². The van der Waals surface area contributed by atoms with Crippen molar-refractivity contribution in [2.75, 3.05) is 31.8 Å². The number of hydrogen-bond donors (Lipinski definition) is 0. The molecule has 1 fully saturated rings. The number of amides is 1. The summed E-state index contributed by atoms with van der Waals surface area (Å²) in [5, 5.41) is 0.560. The monoisotopic (exact) mass is 401 g/mol. The molecular weight excluding hydrogens is 382 g/mol. The van der Waals surface area contributed by atoms with Crippen LogP contribution < -0.4 is 4.74 Å². The zero-order valence-corrected chi connectivity index (χ0v) is 15.9. The number of nitrogens with zero attached hydrogens (tertiary/aromatic N) is 1. The Kier molecular flexibility index (Phi) is 5.43. The van der Waals surface area contributed by atoms with Gasteiger partial charge in [0, 0.05) is 18.1 Å². The highest BCUT2D eigenvalue weighted by molar-refractivity contribution is 7.91. The summed E-state index contributed by atoms with van der Waals surface area (Å²) in [4.78, 5) is 25.8. The number of esters is 1. The molecule has 26 heavy (non-hydrogen) atoms. The first-order valence-electron chi connectivity index (χ1n) is 8.29. The van der Waals surface area contributed by atoms with Gasteiger partial charge in [-0.1, -0.05) is 11.6 Å². The van der Waals surface area contributed by atoms with Crippen LogP contribution in [0.15, 0.2) is 18.2 Å². The molecule has 2 heterocycles. The van der Waals surface area contributed by atoms with Gasteiger partial charge in [-0.05, 0) is 36.6 Å². The van der Waals surface area contributed by atoms with Crippen LogP contribution in [-0.4, -0.2) is 63.0 Å². The Bertz CT molecular complexity index is 825. The van der Waals surface area contributed by atoms with E-state index in [-0.39, 0.29) is 24.2 Å². The first-order valence-corrected chi connectivity index (χ1v) is 10.5. The molecule has 0 aliphatic carbocycles. The Labute approximate surface area is 157 Å². The van der Waals surface area contributed by atoms with Crippen LogP contribution in [0.1, 0.15) is 12.0 Å². The number of likely N-dealkylation sites (N-methyl/N-ethyl adjacent to an activating group) is 1. The molecule has 0 aromatic heterocycles. The maximum absolute atomic E-state index is 12.2. The average Bonchev–Trinajstić information content (AvgIpc) is 2.97.